The molecule has 0 aliphatic rings. The Kier molecular flexibility index (Phi) is 12.5. The molecule has 0 heterocycles. The average molecular weight is 323 g/mol. The third-order valence-electron chi connectivity index (χ3n) is 2.30. The second kappa shape index (κ2) is 13.8. The molecule has 0 aromatic heterocycles. The van der Waals surface area contributed by atoms with Gasteiger partial charge < -0.3 is 24.4 Å². The van der Waals surface area contributed by atoms with Crippen molar-refractivity contribution in [3.8, 4) is 0 Å². The first-order chi connectivity index (χ1) is 10.6. The van der Waals surface area contributed by atoms with Crippen molar-refractivity contribution in [2.24, 2.45) is 5.73 Å². The molecule has 0 aliphatic heterocycles. The van der Waals surface area contributed by atoms with Gasteiger partial charge in [0.15, 0.2) is 6.23 Å². The summed E-state index contributed by atoms with van der Waals surface area (Å²) in [5.41, 5.74) is 5.43. The molecule has 1 unspecified atom stereocenters. The maximum Gasteiger partial charge on any atom is 0.407 e. The van der Waals surface area contributed by atoms with E-state index in [1.807, 2.05) is 0 Å². The molecular formula is C11H21N3O8. The number of alkyl carbamates (subject to hydrolysis) is 1. The monoisotopic (exact) mass is 323 g/mol. The highest BCUT2D eigenvalue weighted by Gasteiger charge is 2.03. The van der Waals surface area contributed by atoms with E-state index >= 15 is 0 Å². The van der Waals surface area contributed by atoms with Crippen LogP contribution in [0.1, 0.15) is 19.3 Å². The van der Waals surface area contributed by atoms with Crippen LogP contribution in [0, 0.1) is 10.1 Å². The molecular weight excluding hydrogens is 302 g/mol. The molecule has 128 valence electrons. The minimum Gasteiger partial charge on any atom is -0.449 e. The number of ether oxygens (including phenoxy) is 3. The average Bonchev–Trinajstić information content (AvgIpc) is 2.46. The van der Waals surface area contributed by atoms with Crippen LogP contribution < -0.4 is 11.1 Å². The molecule has 3 N–H and O–H groups in total. The van der Waals surface area contributed by atoms with Gasteiger partial charge in [-0.3, -0.25) is 10.5 Å². The molecule has 0 spiro atoms. The van der Waals surface area contributed by atoms with Crippen LogP contribution in [0.4, 0.5) is 4.79 Å². The predicted molar refractivity (Wildman–Crippen MR) is 72.1 cm³/mol. The van der Waals surface area contributed by atoms with Gasteiger partial charge >= 0.3 is 6.09 Å². The van der Waals surface area contributed by atoms with Gasteiger partial charge in [-0.1, -0.05) is 0 Å². The first-order valence-electron chi connectivity index (χ1n) is 6.66. The Morgan fingerprint density at radius 2 is 2.00 bits per heavy atom. The van der Waals surface area contributed by atoms with Crippen LogP contribution in [-0.4, -0.2) is 56.9 Å². The lowest BCUT2D eigenvalue weighted by atomic mass is 10.2. The van der Waals surface area contributed by atoms with E-state index < -0.39 is 17.4 Å². The number of amides is 1. The van der Waals surface area contributed by atoms with Gasteiger partial charge in [-0.15, -0.1) is 10.1 Å². The summed E-state index contributed by atoms with van der Waals surface area (Å²) in [7, 11) is 0. The topological polar surface area (TPSA) is 152 Å². The van der Waals surface area contributed by atoms with Crippen LogP contribution >= 0.6 is 0 Å². The highest BCUT2D eigenvalue weighted by molar-refractivity contribution is 5.66. The summed E-state index contributed by atoms with van der Waals surface area (Å²) in [5.74, 6) is 0. The van der Waals surface area contributed by atoms with E-state index in [0.717, 1.165) is 0 Å². The number of carbonyl (C=O) groups excluding carboxylic acids is 2. The van der Waals surface area contributed by atoms with Gasteiger partial charge in [-0.2, -0.15) is 0 Å². The van der Waals surface area contributed by atoms with E-state index in [1.54, 1.807) is 0 Å². The quantitative estimate of drug-likeness (QED) is 0.142. The van der Waals surface area contributed by atoms with Gasteiger partial charge in [0.25, 0.3) is 11.6 Å². The van der Waals surface area contributed by atoms with Gasteiger partial charge in [0.2, 0.25) is 0 Å². The molecule has 0 aromatic rings. The third-order valence-corrected chi connectivity index (χ3v) is 2.30. The van der Waals surface area contributed by atoms with E-state index in [0.29, 0.717) is 32.3 Å². The Morgan fingerprint density at radius 1 is 1.27 bits per heavy atom. The van der Waals surface area contributed by atoms with Gasteiger partial charge in [0, 0.05) is 6.54 Å². The normalized spacial score (nSPS) is 11.3. The van der Waals surface area contributed by atoms with E-state index in [1.165, 1.54) is 0 Å². The molecule has 0 rings (SSSR count). The second-order valence-corrected chi connectivity index (χ2v) is 4.00. The summed E-state index contributed by atoms with van der Waals surface area (Å²) in [6.07, 6.45) is 0.656. The maximum absolute atomic E-state index is 11.2. The second-order valence-electron chi connectivity index (χ2n) is 4.00. The summed E-state index contributed by atoms with van der Waals surface area (Å²) < 4.78 is 14.2. The smallest absolute Gasteiger partial charge is 0.407 e. The Bertz CT molecular complexity index is 328. The number of unbranched alkanes of at least 4 members (excludes halogenated alkanes) is 1. The first-order valence-corrected chi connectivity index (χ1v) is 6.66. The number of rotatable bonds is 14. The van der Waals surface area contributed by atoms with Crippen molar-refractivity contribution in [3.05, 3.63) is 10.1 Å². The first kappa shape index (κ1) is 19.9. The highest BCUT2D eigenvalue weighted by atomic mass is 17.0. The standard InChI is InChI=1S/C11H21N3O8/c12-10(21-9-15)3-1-2-4-13-11(16)20-7-5-19-6-8-22-14(17)18/h9-10H,1-8,12H2,(H,13,16). The molecule has 0 saturated heterocycles. The fourth-order valence-corrected chi connectivity index (χ4v) is 1.32. The van der Waals surface area contributed by atoms with Crippen LogP contribution in [0.15, 0.2) is 0 Å². The highest BCUT2D eigenvalue weighted by Crippen LogP contribution is 1.98. The molecule has 1 amide bonds. The molecule has 11 heteroatoms. The Labute approximate surface area is 127 Å². The summed E-state index contributed by atoms with van der Waals surface area (Å²) in [6, 6.07) is 0. The van der Waals surface area contributed by atoms with Crippen molar-refractivity contribution in [2.75, 3.05) is 33.0 Å². The molecule has 0 aliphatic carbocycles. The Hall–Kier alpha value is -2.14. The van der Waals surface area contributed by atoms with Crippen LogP contribution in [0.25, 0.3) is 0 Å². The summed E-state index contributed by atoms with van der Waals surface area (Å²) >= 11 is 0. The van der Waals surface area contributed by atoms with Crippen molar-refractivity contribution >= 4 is 12.6 Å². The molecule has 0 saturated carbocycles. The fraction of sp³-hybridized carbons (Fsp3) is 0.818. The van der Waals surface area contributed by atoms with E-state index in [4.69, 9.17) is 15.2 Å². The van der Waals surface area contributed by atoms with Gasteiger partial charge in [-0.05, 0) is 19.3 Å². The predicted octanol–water partition coefficient (Wildman–Crippen LogP) is -0.434. The van der Waals surface area contributed by atoms with E-state index in [9.17, 15) is 19.7 Å². The molecule has 22 heavy (non-hydrogen) atoms. The zero-order chi connectivity index (χ0) is 16.6. The summed E-state index contributed by atoms with van der Waals surface area (Å²) in [5, 5.41) is 11.4. The third kappa shape index (κ3) is 14.3. The van der Waals surface area contributed by atoms with E-state index in [2.05, 4.69) is 14.9 Å². The van der Waals surface area contributed by atoms with Gasteiger partial charge in [-0.25, -0.2) is 4.79 Å². The van der Waals surface area contributed by atoms with Crippen LogP contribution in [-0.2, 0) is 23.8 Å². The van der Waals surface area contributed by atoms with Crippen molar-refractivity contribution in [1.82, 2.24) is 5.32 Å². The summed E-state index contributed by atoms with van der Waals surface area (Å²) in [6.45, 7) is 0.717. The minimum absolute atomic E-state index is 0.0301. The van der Waals surface area contributed by atoms with Crippen molar-refractivity contribution in [1.29, 1.82) is 0 Å². The fourth-order valence-electron chi connectivity index (χ4n) is 1.32. The largest absolute Gasteiger partial charge is 0.449 e. The molecule has 0 fully saturated rings. The number of hydrogen-bond acceptors (Lipinski definition) is 9. The van der Waals surface area contributed by atoms with Crippen LogP contribution in [0.2, 0.25) is 0 Å². The van der Waals surface area contributed by atoms with E-state index in [-0.39, 0.29) is 26.4 Å². The van der Waals surface area contributed by atoms with Crippen molar-refractivity contribution in [3.63, 3.8) is 0 Å². The molecule has 0 bridgehead atoms. The lowest BCUT2D eigenvalue weighted by molar-refractivity contribution is -0.758. The lowest BCUT2D eigenvalue weighted by Crippen LogP contribution is -2.27. The van der Waals surface area contributed by atoms with Gasteiger partial charge in [0.1, 0.15) is 13.2 Å². The number of nitrogens with zero attached hydrogens (tertiary/aromatic N) is 1. The van der Waals surface area contributed by atoms with Crippen LogP contribution in [0.5, 0.6) is 0 Å². The number of hydrogen-bond donors (Lipinski definition) is 2. The SMILES string of the molecule is NC(CCCCNC(=O)OCCOCCO[N+](=O)[O-])OC=O. The lowest BCUT2D eigenvalue weighted by Gasteiger charge is -2.09. The number of carbonyl (C=O) groups is 2. The van der Waals surface area contributed by atoms with Crippen LogP contribution in [0.3, 0.4) is 0 Å². The zero-order valence-corrected chi connectivity index (χ0v) is 12.1. The summed E-state index contributed by atoms with van der Waals surface area (Å²) in [4.78, 5) is 35.0. The molecule has 0 radical (unpaired) electrons. The minimum atomic E-state index is -0.911. The maximum atomic E-state index is 11.2. The number of nitrogens with one attached hydrogen (secondary N) is 1. The Balaban J connectivity index is 3.29. The zero-order valence-electron chi connectivity index (χ0n) is 12.1. The molecule has 1 atom stereocenters. The van der Waals surface area contributed by atoms with Crippen molar-refractivity contribution in [2.45, 2.75) is 25.5 Å². The molecule has 0 aromatic carbocycles. The Morgan fingerprint density at radius 3 is 2.68 bits per heavy atom. The van der Waals surface area contributed by atoms with Gasteiger partial charge in [0.05, 0.1) is 13.2 Å². The van der Waals surface area contributed by atoms with Crippen molar-refractivity contribution < 1.29 is 33.7 Å². The molecule has 11 nitrogen and oxygen atoms in total. The number of nitrogens with two attached hydrogens (primary N) is 1.